The Balaban J connectivity index is 2.39. The first-order valence-corrected chi connectivity index (χ1v) is 8.20. The van der Waals surface area contributed by atoms with Gasteiger partial charge in [0.15, 0.2) is 0 Å². The Labute approximate surface area is 127 Å². The SMILES string of the molecule is CCCc1nc(NCC)c(C)c(N2CCCCC2CO)n1. The van der Waals surface area contributed by atoms with Gasteiger partial charge in [-0.2, -0.15) is 0 Å². The van der Waals surface area contributed by atoms with Crippen LogP contribution in [0.5, 0.6) is 0 Å². The summed E-state index contributed by atoms with van der Waals surface area (Å²) >= 11 is 0. The molecule has 1 fully saturated rings. The highest BCUT2D eigenvalue weighted by Gasteiger charge is 2.25. The molecular formula is C16H28N4O. The van der Waals surface area contributed by atoms with Crippen molar-refractivity contribution >= 4 is 11.6 Å². The Hall–Kier alpha value is -1.36. The third-order valence-corrected chi connectivity index (χ3v) is 4.09. The highest BCUT2D eigenvalue weighted by molar-refractivity contribution is 5.59. The second-order valence-corrected chi connectivity index (χ2v) is 5.74. The molecule has 0 saturated carbocycles. The van der Waals surface area contributed by atoms with E-state index in [2.05, 4.69) is 36.0 Å². The summed E-state index contributed by atoms with van der Waals surface area (Å²) in [6, 6.07) is 0.191. The highest BCUT2D eigenvalue weighted by Crippen LogP contribution is 2.29. The van der Waals surface area contributed by atoms with E-state index in [1.54, 1.807) is 0 Å². The van der Waals surface area contributed by atoms with Crippen molar-refractivity contribution in [3.63, 3.8) is 0 Å². The molecule has 1 aromatic heterocycles. The van der Waals surface area contributed by atoms with Crippen LogP contribution in [0.1, 0.15) is 50.9 Å². The van der Waals surface area contributed by atoms with E-state index in [4.69, 9.17) is 4.98 Å². The summed E-state index contributed by atoms with van der Waals surface area (Å²) in [6.45, 7) is 8.33. The maximum absolute atomic E-state index is 9.66. The molecule has 21 heavy (non-hydrogen) atoms. The molecular weight excluding hydrogens is 264 g/mol. The number of aliphatic hydroxyl groups excluding tert-OH is 1. The summed E-state index contributed by atoms with van der Waals surface area (Å²) in [4.78, 5) is 11.7. The lowest BCUT2D eigenvalue weighted by Gasteiger charge is -2.36. The molecule has 1 atom stereocenters. The van der Waals surface area contributed by atoms with Crippen molar-refractivity contribution < 1.29 is 5.11 Å². The largest absolute Gasteiger partial charge is 0.394 e. The molecule has 0 aromatic carbocycles. The summed E-state index contributed by atoms with van der Waals surface area (Å²) < 4.78 is 0. The zero-order chi connectivity index (χ0) is 15.2. The smallest absolute Gasteiger partial charge is 0.137 e. The van der Waals surface area contributed by atoms with Gasteiger partial charge in [-0.1, -0.05) is 6.92 Å². The van der Waals surface area contributed by atoms with Crippen molar-refractivity contribution in [2.24, 2.45) is 0 Å². The fourth-order valence-corrected chi connectivity index (χ4v) is 2.97. The topological polar surface area (TPSA) is 61.3 Å². The highest BCUT2D eigenvalue weighted by atomic mass is 16.3. The van der Waals surface area contributed by atoms with Gasteiger partial charge < -0.3 is 15.3 Å². The lowest BCUT2D eigenvalue weighted by Crippen LogP contribution is -2.43. The van der Waals surface area contributed by atoms with Gasteiger partial charge in [-0.3, -0.25) is 0 Å². The molecule has 1 saturated heterocycles. The van der Waals surface area contributed by atoms with Crippen LogP contribution in [0.2, 0.25) is 0 Å². The number of hydrogen-bond acceptors (Lipinski definition) is 5. The van der Waals surface area contributed by atoms with Crippen molar-refractivity contribution in [2.75, 3.05) is 29.9 Å². The number of nitrogens with one attached hydrogen (secondary N) is 1. The molecule has 0 radical (unpaired) electrons. The Morgan fingerprint density at radius 1 is 1.29 bits per heavy atom. The van der Waals surface area contributed by atoms with Crippen LogP contribution in [0, 0.1) is 6.92 Å². The monoisotopic (exact) mass is 292 g/mol. The standard InChI is InChI=1S/C16H28N4O/c1-4-8-14-18-15(17-5-2)12(3)16(19-14)20-10-7-6-9-13(20)11-21/h13,21H,4-11H2,1-3H3,(H,17,18,19). The average Bonchev–Trinajstić information content (AvgIpc) is 2.51. The van der Waals surface area contributed by atoms with Crippen molar-refractivity contribution in [2.45, 2.75) is 58.9 Å². The average molecular weight is 292 g/mol. The zero-order valence-electron chi connectivity index (χ0n) is 13.5. The minimum Gasteiger partial charge on any atom is -0.394 e. The molecule has 1 aliphatic rings. The van der Waals surface area contributed by atoms with Crippen molar-refractivity contribution in [3.05, 3.63) is 11.4 Å². The van der Waals surface area contributed by atoms with E-state index in [1.165, 1.54) is 12.8 Å². The van der Waals surface area contributed by atoms with E-state index >= 15 is 0 Å². The van der Waals surface area contributed by atoms with E-state index < -0.39 is 0 Å². The minimum absolute atomic E-state index is 0.191. The lowest BCUT2D eigenvalue weighted by molar-refractivity contribution is 0.239. The minimum atomic E-state index is 0.191. The molecule has 1 aromatic rings. The van der Waals surface area contributed by atoms with Gasteiger partial charge >= 0.3 is 0 Å². The van der Waals surface area contributed by atoms with E-state index in [-0.39, 0.29) is 12.6 Å². The van der Waals surface area contributed by atoms with Crippen LogP contribution in [-0.2, 0) is 6.42 Å². The Kier molecular flexibility index (Phi) is 5.79. The predicted octanol–water partition coefficient (Wildman–Crippen LogP) is 2.52. The fraction of sp³-hybridized carbons (Fsp3) is 0.750. The molecule has 0 spiro atoms. The van der Waals surface area contributed by atoms with Gasteiger partial charge in [0, 0.05) is 25.1 Å². The maximum atomic E-state index is 9.66. The van der Waals surface area contributed by atoms with Crippen molar-refractivity contribution in [1.29, 1.82) is 0 Å². The Morgan fingerprint density at radius 2 is 2.10 bits per heavy atom. The van der Waals surface area contributed by atoms with Crippen LogP contribution in [0.4, 0.5) is 11.6 Å². The molecule has 0 aliphatic carbocycles. The van der Waals surface area contributed by atoms with Gasteiger partial charge in [0.25, 0.3) is 0 Å². The number of piperidine rings is 1. The maximum Gasteiger partial charge on any atom is 0.137 e. The molecule has 118 valence electrons. The van der Waals surface area contributed by atoms with E-state index in [0.29, 0.717) is 0 Å². The number of hydrogen-bond donors (Lipinski definition) is 2. The Bertz CT molecular complexity index is 464. The van der Waals surface area contributed by atoms with E-state index in [0.717, 1.165) is 55.4 Å². The van der Waals surface area contributed by atoms with Crippen LogP contribution >= 0.6 is 0 Å². The van der Waals surface area contributed by atoms with Crippen LogP contribution < -0.4 is 10.2 Å². The summed E-state index contributed by atoms with van der Waals surface area (Å²) in [5, 5.41) is 13.0. The second-order valence-electron chi connectivity index (χ2n) is 5.74. The molecule has 1 aliphatic heterocycles. The number of anilines is 2. The molecule has 5 nitrogen and oxygen atoms in total. The fourth-order valence-electron chi connectivity index (χ4n) is 2.97. The van der Waals surface area contributed by atoms with Gasteiger partial charge in [-0.05, 0) is 39.5 Å². The first-order valence-electron chi connectivity index (χ1n) is 8.20. The Morgan fingerprint density at radius 3 is 2.76 bits per heavy atom. The first-order chi connectivity index (χ1) is 10.2. The van der Waals surface area contributed by atoms with Gasteiger partial charge in [-0.15, -0.1) is 0 Å². The second kappa shape index (κ2) is 7.59. The van der Waals surface area contributed by atoms with Crippen LogP contribution in [-0.4, -0.2) is 40.8 Å². The quantitative estimate of drug-likeness (QED) is 0.843. The summed E-state index contributed by atoms with van der Waals surface area (Å²) in [6.07, 6.45) is 5.33. The van der Waals surface area contributed by atoms with Crippen LogP contribution in [0.3, 0.4) is 0 Å². The number of rotatable bonds is 6. The number of aromatic nitrogens is 2. The summed E-state index contributed by atoms with van der Waals surface area (Å²) in [5.41, 5.74) is 1.09. The zero-order valence-corrected chi connectivity index (χ0v) is 13.5. The molecule has 2 N–H and O–H groups in total. The van der Waals surface area contributed by atoms with Gasteiger partial charge in [0.1, 0.15) is 17.5 Å². The van der Waals surface area contributed by atoms with Crippen LogP contribution in [0.25, 0.3) is 0 Å². The molecule has 1 unspecified atom stereocenters. The molecule has 0 amide bonds. The van der Waals surface area contributed by atoms with Gasteiger partial charge in [0.2, 0.25) is 0 Å². The third kappa shape index (κ3) is 3.64. The summed E-state index contributed by atoms with van der Waals surface area (Å²) in [7, 11) is 0. The van der Waals surface area contributed by atoms with E-state index in [9.17, 15) is 5.11 Å². The molecule has 0 bridgehead atoms. The van der Waals surface area contributed by atoms with Gasteiger partial charge in [0.05, 0.1) is 12.6 Å². The first kappa shape index (κ1) is 16.0. The molecule has 2 heterocycles. The van der Waals surface area contributed by atoms with E-state index in [1.807, 2.05) is 0 Å². The van der Waals surface area contributed by atoms with Gasteiger partial charge in [-0.25, -0.2) is 9.97 Å². The summed E-state index contributed by atoms with van der Waals surface area (Å²) in [5.74, 6) is 2.84. The normalized spacial score (nSPS) is 18.9. The molecule has 5 heteroatoms. The predicted molar refractivity (Wildman–Crippen MR) is 87.0 cm³/mol. The number of aryl methyl sites for hydroxylation is 1. The van der Waals surface area contributed by atoms with Crippen LogP contribution in [0.15, 0.2) is 0 Å². The number of nitrogens with zero attached hydrogens (tertiary/aromatic N) is 3. The lowest BCUT2D eigenvalue weighted by atomic mass is 10.0. The number of aliphatic hydroxyl groups is 1. The third-order valence-electron chi connectivity index (χ3n) is 4.09. The van der Waals surface area contributed by atoms with Crippen molar-refractivity contribution in [3.8, 4) is 0 Å². The van der Waals surface area contributed by atoms with Crippen molar-refractivity contribution in [1.82, 2.24) is 9.97 Å². The molecule has 2 rings (SSSR count).